The molecule has 3 atom stereocenters. The van der Waals surface area contributed by atoms with Crippen LogP contribution in [0, 0.1) is 11.8 Å². The van der Waals surface area contributed by atoms with E-state index in [4.69, 9.17) is 9.47 Å². The zero-order valence-corrected chi connectivity index (χ0v) is 12.7. The zero-order valence-electron chi connectivity index (χ0n) is 12.7. The van der Waals surface area contributed by atoms with E-state index in [2.05, 4.69) is 31.3 Å². The minimum atomic E-state index is 0.287. The Balaban J connectivity index is 1.69. The second-order valence-corrected chi connectivity index (χ2v) is 6.24. The van der Waals surface area contributed by atoms with E-state index in [1.165, 1.54) is 17.5 Å². The van der Waals surface area contributed by atoms with Gasteiger partial charge in [-0.1, -0.05) is 6.92 Å². The van der Waals surface area contributed by atoms with E-state index in [1.807, 2.05) is 6.92 Å². The molecule has 3 nitrogen and oxygen atoms in total. The predicted octanol–water partition coefficient (Wildman–Crippen LogP) is 3.15. The Morgan fingerprint density at radius 1 is 1.35 bits per heavy atom. The average Bonchev–Trinajstić information content (AvgIpc) is 2.97. The number of nitrogens with one attached hydrogen (secondary N) is 1. The Hall–Kier alpha value is -1.22. The van der Waals surface area contributed by atoms with Gasteiger partial charge in [0.15, 0.2) is 0 Å². The van der Waals surface area contributed by atoms with Crippen LogP contribution in [0.2, 0.25) is 0 Å². The molecule has 3 unspecified atom stereocenters. The fraction of sp³-hybridized carbons (Fsp3) is 0.647. The van der Waals surface area contributed by atoms with Crippen molar-refractivity contribution < 1.29 is 9.47 Å². The van der Waals surface area contributed by atoms with Crippen molar-refractivity contribution in [2.45, 2.75) is 46.3 Å². The molecule has 3 heteroatoms. The van der Waals surface area contributed by atoms with E-state index >= 15 is 0 Å². The van der Waals surface area contributed by atoms with Gasteiger partial charge in [0.1, 0.15) is 17.6 Å². The first-order valence-corrected chi connectivity index (χ1v) is 7.83. The number of hydrogen-bond donors (Lipinski definition) is 1. The van der Waals surface area contributed by atoms with Gasteiger partial charge in [0, 0.05) is 24.1 Å². The molecule has 1 N–H and O–H groups in total. The van der Waals surface area contributed by atoms with Crippen LogP contribution >= 0.6 is 0 Å². The van der Waals surface area contributed by atoms with Gasteiger partial charge >= 0.3 is 0 Å². The summed E-state index contributed by atoms with van der Waals surface area (Å²) in [4.78, 5) is 0. The van der Waals surface area contributed by atoms with Crippen molar-refractivity contribution in [1.29, 1.82) is 0 Å². The summed E-state index contributed by atoms with van der Waals surface area (Å²) >= 11 is 0. The molecule has 0 radical (unpaired) electrons. The number of ether oxygens (including phenoxy) is 2. The highest BCUT2D eigenvalue weighted by Crippen LogP contribution is 2.37. The Labute approximate surface area is 121 Å². The van der Waals surface area contributed by atoms with Crippen LogP contribution in [0.15, 0.2) is 12.1 Å². The maximum atomic E-state index is 5.85. The van der Waals surface area contributed by atoms with Crippen LogP contribution in [-0.4, -0.2) is 19.3 Å². The van der Waals surface area contributed by atoms with Gasteiger partial charge in [-0.25, -0.2) is 0 Å². The number of fused-ring (bicyclic) bond motifs is 1. The van der Waals surface area contributed by atoms with Crippen LogP contribution in [0.3, 0.4) is 0 Å². The van der Waals surface area contributed by atoms with Gasteiger partial charge in [0.25, 0.3) is 0 Å². The van der Waals surface area contributed by atoms with Crippen LogP contribution in [0.5, 0.6) is 11.5 Å². The monoisotopic (exact) mass is 275 g/mol. The highest BCUT2D eigenvalue weighted by Gasteiger charge is 2.31. The predicted molar refractivity (Wildman–Crippen MR) is 80.4 cm³/mol. The first-order chi connectivity index (χ1) is 9.67. The lowest BCUT2D eigenvalue weighted by Gasteiger charge is -2.13. The Morgan fingerprint density at radius 3 is 2.85 bits per heavy atom. The minimum Gasteiger partial charge on any atom is -0.494 e. The maximum absolute atomic E-state index is 5.85. The molecule has 0 saturated heterocycles. The molecule has 2 aliphatic rings. The lowest BCUT2D eigenvalue weighted by atomic mass is 10.1. The quantitative estimate of drug-likeness (QED) is 0.865. The summed E-state index contributed by atoms with van der Waals surface area (Å²) in [5.41, 5.74) is 2.49. The summed E-state index contributed by atoms with van der Waals surface area (Å²) < 4.78 is 11.7. The summed E-state index contributed by atoms with van der Waals surface area (Å²) in [6.45, 7) is 9.16. The first kappa shape index (κ1) is 13.7. The second-order valence-electron chi connectivity index (χ2n) is 6.24. The van der Waals surface area contributed by atoms with Crippen molar-refractivity contribution in [3.63, 3.8) is 0 Å². The van der Waals surface area contributed by atoms with E-state index in [9.17, 15) is 0 Å². The lowest BCUT2D eigenvalue weighted by molar-refractivity contribution is 0.254. The van der Waals surface area contributed by atoms with Crippen LogP contribution in [0.4, 0.5) is 0 Å². The fourth-order valence-corrected chi connectivity index (χ4v) is 2.99. The third-order valence-electron chi connectivity index (χ3n) is 4.38. The molecule has 1 saturated carbocycles. The smallest absolute Gasteiger partial charge is 0.124 e. The largest absolute Gasteiger partial charge is 0.494 e. The van der Waals surface area contributed by atoms with Gasteiger partial charge < -0.3 is 14.8 Å². The molecule has 1 aliphatic heterocycles. The SMILES string of the molecule is CCOc1cc2c(cc1CNCC1CC1C)OC(C)C2. The Kier molecular flexibility index (Phi) is 3.88. The van der Waals surface area contributed by atoms with Crippen molar-refractivity contribution >= 4 is 0 Å². The van der Waals surface area contributed by atoms with Gasteiger partial charge in [0.05, 0.1) is 6.61 Å². The first-order valence-electron chi connectivity index (χ1n) is 7.83. The Morgan fingerprint density at radius 2 is 2.15 bits per heavy atom. The van der Waals surface area contributed by atoms with Gasteiger partial charge in [-0.3, -0.25) is 0 Å². The van der Waals surface area contributed by atoms with Crippen LogP contribution in [-0.2, 0) is 13.0 Å². The van der Waals surface area contributed by atoms with Crippen LogP contribution < -0.4 is 14.8 Å². The fourth-order valence-electron chi connectivity index (χ4n) is 2.99. The van der Waals surface area contributed by atoms with Crippen molar-refractivity contribution in [2.75, 3.05) is 13.2 Å². The van der Waals surface area contributed by atoms with E-state index in [0.717, 1.165) is 42.8 Å². The Bertz CT molecular complexity index is 486. The van der Waals surface area contributed by atoms with Crippen LogP contribution in [0.25, 0.3) is 0 Å². The second kappa shape index (κ2) is 5.65. The summed E-state index contributed by atoms with van der Waals surface area (Å²) in [5.74, 6) is 3.83. The van der Waals surface area contributed by atoms with Crippen molar-refractivity contribution in [3.8, 4) is 11.5 Å². The molecule has 1 fully saturated rings. The molecular weight excluding hydrogens is 250 g/mol. The van der Waals surface area contributed by atoms with Crippen molar-refractivity contribution in [2.24, 2.45) is 11.8 Å². The van der Waals surface area contributed by atoms with Gasteiger partial charge in [-0.2, -0.15) is 0 Å². The maximum Gasteiger partial charge on any atom is 0.124 e. The summed E-state index contributed by atoms with van der Waals surface area (Å²) in [6, 6.07) is 4.33. The lowest BCUT2D eigenvalue weighted by Crippen LogP contribution is -2.17. The van der Waals surface area contributed by atoms with Gasteiger partial charge in [-0.15, -0.1) is 0 Å². The van der Waals surface area contributed by atoms with E-state index in [-0.39, 0.29) is 6.10 Å². The number of hydrogen-bond acceptors (Lipinski definition) is 3. The number of benzene rings is 1. The molecule has 0 bridgehead atoms. The topological polar surface area (TPSA) is 30.5 Å². The standard InChI is InChI=1S/C17H25NO2/c1-4-19-16-7-13-6-12(3)20-17(13)8-15(16)10-18-9-14-5-11(14)2/h7-8,11-12,14,18H,4-6,9-10H2,1-3H3. The summed E-state index contributed by atoms with van der Waals surface area (Å²) in [6.07, 6.45) is 2.65. The van der Waals surface area contributed by atoms with E-state index in [0.29, 0.717) is 6.61 Å². The highest BCUT2D eigenvalue weighted by atomic mass is 16.5. The third kappa shape index (κ3) is 2.93. The van der Waals surface area contributed by atoms with Gasteiger partial charge in [-0.05, 0) is 50.8 Å². The average molecular weight is 275 g/mol. The molecule has 1 aromatic carbocycles. The highest BCUT2D eigenvalue weighted by molar-refractivity contribution is 5.48. The summed E-state index contributed by atoms with van der Waals surface area (Å²) in [5, 5.41) is 3.56. The van der Waals surface area contributed by atoms with Crippen LogP contribution in [0.1, 0.15) is 38.3 Å². The molecule has 110 valence electrons. The van der Waals surface area contributed by atoms with E-state index in [1.54, 1.807) is 0 Å². The van der Waals surface area contributed by atoms with Gasteiger partial charge in [0.2, 0.25) is 0 Å². The third-order valence-corrected chi connectivity index (χ3v) is 4.38. The molecule has 0 spiro atoms. The normalized spacial score (nSPS) is 27.1. The van der Waals surface area contributed by atoms with E-state index < -0.39 is 0 Å². The van der Waals surface area contributed by atoms with Crippen molar-refractivity contribution in [1.82, 2.24) is 5.32 Å². The molecule has 1 aromatic rings. The molecule has 0 amide bonds. The number of rotatable bonds is 6. The molecule has 1 heterocycles. The molecule has 3 rings (SSSR count). The molecule has 1 aliphatic carbocycles. The molecular formula is C17H25NO2. The molecule has 20 heavy (non-hydrogen) atoms. The molecule has 0 aromatic heterocycles. The summed E-state index contributed by atoms with van der Waals surface area (Å²) in [7, 11) is 0. The van der Waals surface area contributed by atoms with Crippen molar-refractivity contribution in [3.05, 3.63) is 23.3 Å². The zero-order chi connectivity index (χ0) is 14.1. The minimum absolute atomic E-state index is 0.287.